The molecule has 6 nitrogen and oxygen atoms in total. The van der Waals surface area contributed by atoms with Gasteiger partial charge in [0, 0.05) is 11.0 Å². The van der Waals surface area contributed by atoms with Crippen molar-refractivity contribution in [2.24, 2.45) is 5.92 Å². The van der Waals surface area contributed by atoms with E-state index in [1.54, 1.807) is 36.4 Å². The SMILES string of the molecule is COC(=O)c1cc(Br)cc(CN(C(=O)OC2CN3CCC2CC3)c2ccccc2F)c1. The van der Waals surface area contributed by atoms with Gasteiger partial charge in [0.25, 0.3) is 0 Å². The number of fused-ring (bicyclic) bond motifs is 3. The molecule has 164 valence electrons. The maximum atomic E-state index is 14.6. The molecule has 31 heavy (non-hydrogen) atoms. The maximum absolute atomic E-state index is 14.6. The van der Waals surface area contributed by atoms with Crippen molar-refractivity contribution < 1.29 is 23.5 Å². The van der Waals surface area contributed by atoms with Gasteiger partial charge < -0.3 is 9.47 Å². The van der Waals surface area contributed by atoms with Gasteiger partial charge in [0.1, 0.15) is 11.9 Å². The molecule has 3 fully saturated rings. The fraction of sp³-hybridized carbons (Fsp3) is 0.391. The van der Waals surface area contributed by atoms with Crippen LogP contribution in [-0.4, -0.2) is 49.8 Å². The molecule has 0 aromatic heterocycles. The molecular formula is C23H24BrFN2O4. The second-order valence-corrected chi connectivity index (χ2v) is 8.85. The minimum Gasteiger partial charge on any atom is -0.465 e. The van der Waals surface area contributed by atoms with Crippen LogP contribution >= 0.6 is 15.9 Å². The van der Waals surface area contributed by atoms with Crippen LogP contribution in [0.5, 0.6) is 0 Å². The normalized spacial score (nSPS) is 22.1. The molecule has 0 N–H and O–H groups in total. The van der Waals surface area contributed by atoms with Gasteiger partial charge in [-0.15, -0.1) is 0 Å². The number of hydrogen-bond donors (Lipinski definition) is 0. The zero-order chi connectivity index (χ0) is 22.0. The van der Waals surface area contributed by atoms with Gasteiger partial charge in [-0.2, -0.15) is 0 Å². The Kier molecular flexibility index (Phi) is 6.57. The van der Waals surface area contributed by atoms with Crippen molar-refractivity contribution in [3.63, 3.8) is 0 Å². The summed E-state index contributed by atoms with van der Waals surface area (Å²) in [6, 6.07) is 11.1. The van der Waals surface area contributed by atoms with Crippen molar-refractivity contribution in [3.8, 4) is 0 Å². The Labute approximate surface area is 189 Å². The van der Waals surface area contributed by atoms with E-state index in [4.69, 9.17) is 9.47 Å². The van der Waals surface area contributed by atoms with Crippen LogP contribution in [0.15, 0.2) is 46.9 Å². The fourth-order valence-corrected chi connectivity index (χ4v) is 4.86. The number of benzene rings is 2. The monoisotopic (exact) mass is 490 g/mol. The number of carbonyl (C=O) groups is 2. The Morgan fingerprint density at radius 2 is 1.94 bits per heavy atom. The van der Waals surface area contributed by atoms with Crippen LogP contribution in [0.2, 0.25) is 0 Å². The average Bonchev–Trinajstić information content (AvgIpc) is 2.78. The third-order valence-electron chi connectivity index (χ3n) is 5.93. The molecule has 3 saturated heterocycles. The molecule has 0 radical (unpaired) electrons. The van der Waals surface area contributed by atoms with E-state index in [0.29, 0.717) is 28.1 Å². The Morgan fingerprint density at radius 3 is 2.58 bits per heavy atom. The van der Waals surface area contributed by atoms with Crippen LogP contribution < -0.4 is 4.90 Å². The highest BCUT2D eigenvalue weighted by atomic mass is 79.9. The minimum absolute atomic E-state index is 0.0459. The number of carbonyl (C=O) groups excluding carboxylic acids is 2. The van der Waals surface area contributed by atoms with Crippen LogP contribution in [0.4, 0.5) is 14.9 Å². The molecule has 1 amide bonds. The topological polar surface area (TPSA) is 59.1 Å². The predicted molar refractivity (Wildman–Crippen MR) is 117 cm³/mol. The Bertz CT molecular complexity index is 978. The van der Waals surface area contributed by atoms with E-state index in [1.807, 2.05) is 0 Å². The molecule has 1 atom stereocenters. The second kappa shape index (κ2) is 9.36. The minimum atomic E-state index is -0.594. The molecule has 2 aromatic rings. The molecule has 1 unspecified atom stereocenters. The summed E-state index contributed by atoms with van der Waals surface area (Å²) in [5, 5.41) is 0. The van der Waals surface area contributed by atoms with E-state index >= 15 is 0 Å². The zero-order valence-electron chi connectivity index (χ0n) is 17.2. The number of halogens is 2. The van der Waals surface area contributed by atoms with E-state index in [0.717, 1.165) is 25.9 Å². The van der Waals surface area contributed by atoms with E-state index in [1.165, 1.54) is 18.1 Å². The molecule has 3 aliphatic rings. The van der Waals surface area contributed by atoms with Crippen LogP contribution in [0.3, 0.4) is 0 Å². The van der Waals surface area contributed by atoms with Crippen molar-refractivity contribution in [1.82, 2.24) is 4.90 Å². The molecule has 5 rings (SSSR count). The lowest BCUT2D eigenvalue weighted by molar-refractivity contribution is -0.0311. The summed E-state index contributed by atoms with van der Waals surface area (Å²) in [6.07, 6.45) is 1.22. The third-order valence-corrected chi connectivity index (χ3v) is 6.39. The van der Waals surface area contributed by atoms with E-state index in [9.17, 15) is 14.0 Å². The molecule has 0 aliphatic carbocycles. The van der Waals surface area contributed by atoms with Crippen LogP contribution in [0.25, 0.3) is 0 Å². The van der Waals surface area contributed by atoms with Crippen molar-refractivity contribution >= 4 is 33.7 Å². The van der Waals surface area contributed by atoms with E-state index in [2.05, 4.69) is 20.8 Å². The number of piperidine rings is 3. The number of esters is 1. The fourth-order valence-electron chi connectivity index (χ4n) is 4.32. The maximum Gasteiger partial charge on any atom is 0.415 e. The standard InChI is InChI=1S/C23H24BrFN2O4/c1-30-22(28)17-10-15(11-18(24)12-17)13-27(20-5-3-2-4-19(20)25)23(29)31-21-14-26-8-6-16(21)7-9-26/h2-5,10-12,16,21H,6-9,13-14H2,1H3. The molecular weight excluding hydrogens is 467 g/mol. The molecule has 0 saturated carbocycles. The summed E-state index contributed by atoms with van der Waals surface area (Å²) < 4.78 is 26.0. The van der Waals surface area contributed by atoms with Gasteiger partial charge in [-0.25, -0.2) is 14.0 Å². The number of ether oxygens (including phenoxy) is 2. The smallest absolute Gasteiger partial charge is 0.415 e. The second-order valence-electron chi connectivity index (χ2n) is 7.94. The van der Waals surface area contributed by atoms with Gasteiger partial charge in [0.05, 0.1) is 24.9 Å². The summed E-state index contributed by atoms with van der Waals surface area (Å²) in [5.74, 6) is -0.667. The summed E-state index contributed by atoms with van der Waals surface area (Å²) in [6.45, 7) is 2.82. The van der Waals surface area contributed by atoms with Crippen LogP contribution in [-0.2, 0) is 16.0 Å². The zero-order valence-corrected chi connectivity index (χ0v) is 18.8. The summed E-state index contributed by atoms with van der Waals surface area (Å²) >= 11 is 3.39. The molecule has 2 aromatic carbocycles. The highest BCUT2D eigenvalue weighted by Gasteiger charge is 2.37. The highest BCUT2D eigenvalue weighted by Crippen LogP contribution is 2.31. The van der Waals surface area contributed by atoms with Crippen LogP contribution in [0.1, 0.15) is 28.8 Å². The van der Waals surface area contributed by atoms with Crippen molar-refractivity contribution in [3.05, 3.63) is 63.9 Å². The number of amides is 1. The number of rotatable bonds is 5. The van der Waals surface area contributed by atoms with Gasteiger partial charge in [-0.3, -0.25) is 9.80 Å². The molecule has 3 aliphatic heterocycles. The highest BCUT2D eigenvalue weighted by molar-refractivity contribution is 9.10. The molecule has 8 heteroatoms. The number of nitrogens with zero attached hydrogens (tertiary/aromatic N) is 2. The van der Waals surface area contributed by atoms with Crippen molar-refractivity contribution in [1.29, 1.82) is 0 Å². The largest absolute Gasteiger partial charge is 0.465 e. The quantitative estimate of drug-likeness (QED) is 0.572. The first-order valence-corrected chi connectivity index (χ1v) is 11.1. The third kappa shape index (κ3) is 4.91. The number of para-hydroxylation sites is 1. The Morgan fingerprint density at radius 1 is 1.19 bits per heavy atom. The molecule has 2 bridgehead atoms. The summed E-state index contributed by atoms with van der Waals surface area (Å²) in [5.41, 5.74) is 1.11. The van der Waals surface area contributed by atoms with Crippen molar-refractivity contribution in [2.75, 3.05) is 31.6 Å². The van der Waals surface area contributed by atoms with Crippen LogP contribution in [0, 0.1) is 11.7 Å². The number of anilines is 1. The van der Waals surface area contributed by atoms with Gasteiger partial charge in [0.2, 0.25) is 0 Å². The average molecular weight is 491 g/mol. The van der Waals surface area contributed by atoms with Gasteiger partial charge >= 0.3 is 12.1 Å². The van der Waals surface area contributed by atoms with Gasteiger partial charge in [-0.05, 0) is 67.7 Å². The molecule has 3 heterocycles. The lowest BCUT2D eigenvalue weighted by Gasteiger charge is -2.44. The lowest BCUT2D eigenvalue weighted by atomic mass is 9.86. The van der Waals surface area contributed by atoms with E-state index < -0.39 is 17.9 Å². The van der Waals surface area contributed by atoms with Crippen molar-refractivity contribution in [2.45, 2.75) is 25.5 Å². The summed E-state index contributed by atoms with van der Waals surface area (Å²) in [4.78, 5) is 28.8. The van der Waals surface area contributed by atoms with Gasteiger partial charge in [0.15, 0.2) is 0 Å². The summed E-state index contributed by atoms with van der Waals surface area (Å²) in [7, 11) is 1.31. The first-order valence-electron chi connectivity index (χ1n) is 10.3. The van der Waals surface area contributed by atoms with E-state index in [-0.39, 0.29) is 18.3 Å². The number of methoxy groups -OCH3 is 1. The Hall–Kier alpha value is -2.45. The predicted octanol–water partition coefficient (Wildman–Crippen LogP) is 4.61. The lowest BCUT2D eigenvalue weighted by Crippen LogP contribution is -2.53. The first kappa shape index (κ1) is 21.8. The number of hydrogen-bond acceptors (Lipinski definition) is 5. The van der Waals surface area contributed by atoms with Gasteiger partial charge in [-0.1, -0.05) is 28.1 Å². The first-order chi connectivity index (χ1) is 14.9. The Balaban J connectivity index is 1.61. The molecule has 0 spiro atoms.